The van der Waals surface area contributed by atoms with Gasteiger partial charge in [0.25, 0.3) is 0 Å². The first kappa shape index (κ1) is 31.3. The van der Waals surface area contributed by atoms with Crippen LogP contribution in [0.5, 0.6) is 0 Å². The first-order chi connectivity index (χ1) is 21.6. The molecule has 2 amide bonds. The molecule has 12 nitrogen and oxygen atoms in total. The number of H-pyrrole nitrogens is 1. The zero-order chi connectivity index (χ0) is 32.0. The molecule has 4 N–H and O–H groups in total. The maximum atomic E-state index is 14.0. The molecule has 2 aromatic heterocycles. The Labute approximate surface area is 259 Å². The van der Waals surface area contributed by atoms with Gasteiger partial charge in [-0.2, -0.15) is 17.9 Å². The van der Waals surface area contributed by atoms with Crippen LogP contribution >= 0.6 is 11.6 Å². The SMILES string of the molecule is COC(=O)Nc1ccc2c(c1)N[C@@H](C(F)(F)F)CC/C=C/C[C@H](NC(=O)/C=C/c1cc(Cl)ccc1-n1cnnn1)c1ncc-2[nH]1. The van der Waals surface area contributed by atoms with Crippen LogP contribution in [-0.4, -0.2) is 61.5 Å². The maximum absolute atomic E-state index is 14.0. The van der Waals surface area contributed by atoms with Crippen molar-refractivity contribution in [3.05, 3.63) is 83.6 Å². The highest BCUT2D eigenvalue weighted by Crippen LogP contribution is 2.35. The van der Waals surface area contributed by atoms with Crippen molar-refractivity contribution in [3.63, 3.8) is 0 Å². The zero-order valence-electron chi connectivity index (χ0n) is 23.7. The van der Waals surface area contributed by atoms with Gasteiger partial charge in [-0.15, -0.1) is 5.10 Å². The molecule has 3 heterocycles. The van der Waals surface area contributed by atoms with Crippen molar-refractivity contribution in [3.8, 4) is 16.9 Å². The van der Waals surface area contributed by atoms with Gasteiger partial charge in [-0.25, -0.2) is 9.78 Å². The number of ether oxygens (including phenoxy) is 1. The van der Waals surface area contributed by atoms with Gasteiger partial charge in [-0.05, 0) is 72.2 Å². The number of carbonyl (C=O) groups is 2. The summed E-state index contributed by atoms with van der Waals surface area (Å²) < 4.78 is 48.1. The number of anilines is 2. The van der Waals surface area contributed by atoms with Crippen molar-refractivity contribution in [2.75, 3.05) is 17.7 Å². The molecule has 16 heteroatoms. The van der Waals surface area contributed by atoms with Crippen molar-refractivity contribution in [2.45, 2.75) is 37.5 Å². The number of nitrogens with zero attached hydrogens (tertiary/aromatic N) is 5. The fourth-order valence-corrected chi connectivity index (χ4v) is 4.86. The lowest BCUT2D eigenvalue weighted by Gasteiger charge is -2.24. The molecule has 0 radical (unpaired) electrons. The van der Waals surface area contributed by atoms with Gasteiger partial charge in [0.1, 0.15) is 18.2 Å². The highest BCUT2D eigenvalue weighted by Gasteiger charge is 2.39. The Balaban J connectivity index is 1.43. The van der Waals surface area contributed by atoms with Crippen LogP contribution < -0.4 is 16.0 Å². The Morgan fingerprint density at radius 2 is 2.02 bits per heavy atom. The molecule has 2 bridgehead atoms. The van der Waals surface area contributed by atoms with Crippen molar-refractivity contribution >= 4 is 41.1 Å². The van der Waals surface area contributed by atoms with E-state index in [1.807, 2.05) is 0 Å². The summed E-state index contributed by atoms with van der Waals surface area (Å²) in [7, 11) is 1.18. The van der Waals surface area contributed by atoms with Crippen molar-refractivity contribution in [1.82, 2.24) is 35.5 Å². The molecule has 0 saturated carbocycles. The Bertz CT molecular complexity index is 1720. The van der Waals surface area contributed by atoms with Crippen LogP contribution in [-0.2, 0) is 9.53 Å². The van der Waals surface area contributed by atoms with E-state index in [0.29, 0.717) is 33.4 Å². The molecule has 0 saturated heterocycles. The van der Waals surface area contributed by atoms with E-state index in [1.54, 1.807) is 42.5 Å². The number of fused-ring (bicyclic) bond motifs is 4. The molecule has 0 aliphatic carbocycles. The van der Waals surface area contributed by atoms with Crippen LogP contribution in [0.1, 0.15) is 36.7 Å². The van der Waals surface area contributed by atoms with Crippen LogP contribution in [0.4, 0.5) is 29.3 Å². The number of carbonyl (C=O) groups excluding carboxylic acids is 2. The summed E-state index contributed by atoms with van der Waals surface area (Å²) in [5.41, 5.74) is 2.33. The predicted molar refractivity (Wildman–Crippen MR) is 161 cm³/mol. The standard InChI is InChI=1S/C29H27ClF3N9O3/c1-45-28(44)36-19-9-10-20-22(14-19)37-25(29(31,32)33)6-4-2-3-5-21(27-34-15-23(20)39-27)38-26(43)12-7-17-13-18(30)8-11-24(17)42-16-35-40-41-42/h2-3,7-16,21,25,37H,4-6H2,1H3,(H,34,39)(H,36,44)(H,38,43)/b3-2+,12-7+/t21-,25+/m0/s1. The van der Waals surface area contributed by atoms with Crippen LogP contribution in [0.2, 0.25) is 5.02 Å². The Kier molecular flexibility index (Phi) is 9.47. The zero-order valence-corrected chi connectivity index (χ0v) is 24.4. The Hall–Kier alpha value is -5.18. The van der Waals surface area contributed by atoms with Gasteiger partial charge < -0.3 is 20.4 Å². The largest absolute Gasteiger partial charge is 0.453 e. The molecule has 45 heavy (non-hydrogen) atoms. The third-order valence-electron chi connectivity index (χ3n) is 6.87. The Morgan fingerprint density at radius 1 is 1.18 bits per heavy atom. The number of nitrogens with one attached hydrogen (secondary N) is 4. The van der Waals surface area contributed by atoms with Gasteiger partial charge in [0.05, 0.1) is 30.7 Å². The van der Waals surface area contributed by atoms with Gasteiger partial charge in [0, 0.05) is 33.6 Å². The van der Waals surface area contributed by atoms with E-state index in [2.05, 4.69) is 46.2 Å². The van der Waals surface area contributed by atoms with Gasteiger partial charge in [0.2, 0.25) is 5.91 Å². The van der Waals surface area contributed by atoms with Crippen LogP contribution in [0.3, 0.4) is 0 Å². The fraction of sp³-hybridized carbons (Fsp3) is 0.241. The van der Waals surface area contributed by atoms with Gasteiger partial charge in [-0.1, -0.05) is 23.8 Å². The number of aromatic nitrogens is 6. The molecule has 2 aromatic carbocycles. The molecule has 0 spiro atoms. The number of aromatic amines is 1. The van der Waals surface area contributed by atoms with Crippen molar-refractivity contribution in [1.29, 1.82) is 0 Å². The second-order valence-electron chi connectivity index (χ2n) is 9.93. The third kappa shape index (κ3) is 7.86. The lowest BCUT2D eigenvalue weighted by atomic mass is 10.1. The van der Waals surface area contributed by atoms with Gasteiger partial charge in [-0.3, -0.25) is 10.1 Å². The minimum absolute atomic E-state index is 0.116. The van der Waals surface area contributed by atoms with E-state index < -0.39 is 30.3 Å². The summed E-state index contributed by atoms with van der Waals surface area (Å²) >= 11 is 6.17. The van der Waals surface area contributed by atoms with E-state index in [1.165, 1.54) is 42.5 Å². The van der Waals surface area contributed by atoms with Gasteiger partial charge >= 0.3 is 12.3 Å². The second kappa shape index (κ2) is 13.6. The van der Waals surface area contributed by atoms with E-state index in [4.69, 9.17) is 11.6 Å². The smallest absolute Gasteiger partial charge is 0.411 e. The summed E-state index contributed by atoms with van der Waals surface area (Å²) in [6.45, 7) is 0. The number of hydrogen-bond donors (Lipinski definition) is 4. The number of halogens is 4. The third-order valence-corrected chi connectivity index (χ3v) is 7.10. The van der Waals surface area contributed by atoms with E-state index in [9.17, 15) is 22.8 Å². The number of tetrazole rings is 1. The lowest BCUT2D eigenvalue weighted by Crippen LogP contribution is -2.36. The average Bonchev–Trinajstić information content (AvgIpc) is 3.71. The topological polar surface area (TPSA) is 152 Å². The summed E-state index contributed by atoms with van der Waals surface area (Å²) in [5, 5.41) is 19.6. The molecular weight excluding hydrogens is 615 g/mol. The number of allylic oxidation sites excluding steroid dienone is 1. The van der Waals surface area contributed by atoms with Gasteiger partial charge in [0.15, 0.2) is 0 Å². The van der Waals surface area contributed by atoms with E-state index in [0.717, 1.165) is 0 Å². The number of methoxy groups -OCH3 is 1. The summed E-state index contributed by atoms with van der Waals surface area (Å²) in [4.78, 5) is 32.4. The molecule has 5 rings (SSSR count). The average molecular weight is 642 g/mol. The lowest BCUT2D eigenvalue weighted by molar-refractivity contribution is -0.143. The van der Waals surface area contributed by atoms with Crippen LogP contribution in [0, 0.1) is 0 Å². The van der Waals surface area contributed by atoms with Crippen molar-refractivity contribution < 1.29 is 27.5 Å². The molecule has 1 aliphatic heterocycles. The summed E-state index contributed by atoms with van der Waals surface area (Å²) in [5.74, 6) is -0.0566. The number of imidazole rings is 1. The Morgan fingerprint density at radius 3 is 2.78 bits per heavy atom. The van der Waals surface area contributed by atoms with Crippen LogP contribution in [0.25, 0.3) is 23.0 Å². The number of benzene rings is 2. The van der Waals surface area contributed by atoms with E-state index >= 15 is 0 Å². The quantitative estimate of drug-likeness (QED) is 0.157. The molecule has 1 aliphatic rings. The monoisotopic (exact) mass is 641 g/mol. The number of hydrogen-bond acceptors (Lipinski definition) is 8. The molecule has 0 unspecified atom stereocenters. The number of alkyl halides is 3. The second-order valence-corrected chi connectivity index (χ2v) is 10.4. The predicted octanol–water partition coefficient (Wildman–Crippen LogP) is 5.84. The fourth-order valence-electron chi connectivity index (χ4n) is 4.68. The summed E-state index contributed by atoms with van der Waals surface area (Å²) in [6, 6.07) is 7.02. The molecule has 0 fully saturated rings. The number of rotatable bonds is 5. The minimum Gasteiger partial charge on any atom is -0.453 e. The van der Waals surface area contributed by atoms with Crippen LogP contribution in [0.15, 0.2) is 67.2 Å². The summed E-state index contributed by atoms with van der Waals surface area (Å²) in [6.07, 6.45) is 3.95. The highest BCUT2D eigenvalue weighted by molar-refractivity contribution is 6.30. The first-order valence-corrected chi connectivity index (χ1v) is 14.0. The maximum Gasteiger partial charge on any atom is 0.411 e. The first-order valence-electron chi connectivity index (χ1n) is 13.6. The number of amides is 2. The van der Waals surface area contributed by atoms with E-state index in [-0.39, 0.29) is 30.6 Å². The molecule has 4 aromatic rings. The van der Waals surface area contributed by atoms with Crippen molar-refractivity contribution in [2.24, 2.45) is 0 Å². The molecule has 234 valence electrons. The normalized spacial score (nSPS) is 17.6. The highest BCUT2D eigenvalue weighted by atomic mass is 35.5. The molecular formula is C29H27ClF3N9O3. The molecule has 2 atom stereocenters. The minimum atomic E-state index is -4.55.